The molecular weight excluding hydrogens is 402 g/mol. The summed E-state index contributed by atoms with van der Waals surface area (Å²) in [5.74, 6) is -0.268. The van der Waals surface area contributed by atoms with Crippen molar-refractivity contribution in [3.63, 3.8) is 0 Å². The molecule has 2 aromatic carbocycles. The lowest BCUT2D eigenvalue weighted by Gasteiger charge is -2.06. The summed E-state index contributed by atoms with van der Waals surface area (Å²) < 4.78 is 2.54. The molecule has 0 atom stereocenters. The molecule has 1 amide bonds. The van der Waals surface area contributed by atoms with E-state index in [0.29, 0.717) is 28.6 Å². The van der Waals surface area contributed by atoms with Gasteiger partial charge in [0, 0.05) is 10.2 Å². The predicted molar refractivity (Wildman–Crippen MR) is 104 cm³/mol. The maximum Gasteiger partial charge on any atom is 0.260 e. The highest BCUT2D eigenvalue weighted by Gasteiger charge is 2.20. The number of nitrogens with zero attached hydrogens (tertiary/aromatic N) is 2. The van der Waals surface area contributed by atoms with E-state index < -0.39 is 0 Å². The maximum absolute atomic E-state index is 12.6. The smallest absolute Gasteiger partial charge is 0.260 e. The van der Waals surface area contributed by atoms with Gasteiger partial charge in [-0.1, -0.05) is 63.4 Å². The normalized spacial score (nSPS) is 10.7. The van der Waals surface area contributed by atoms with E-state index in [2.05, 4.69) is 26.3 Å². The summed E-state index contributed by atoms with van der Waals surface area (Å²) in [6.45, 7) is 4.34. The summed E-state index contributed by atoms with van der Waals surface area (Å²) in [6, 6.07) is 15.6. The van der Waals surface area contributed by atoms with Gasteiger partial charge in [0.15, 0.2) is 0 Å². The van der Waals surface area contributed by atoms with Crippen LogP contribution in [0.5, 0.6) is 0 Å². The number of aromatic nitrogens is 2. The Bertz CT molecular complexity index is 919. The first-order valence-electron chi connectivity index (χ1n) is 7.79. The lowest BCUT2D eigenvalue weighted by molar-refractivity contribution is 0.102. The van der Waals surface area contributed by atoms with E-state index in [4.69, 9.17) is 11.6 Å². The lowest BCUT2D eigenvalue weighted by Crippen LogP contribution is -2.13. The average Bonchev–Trinajstić information content (AvgIpc) is 2.83. The number of carbonyl (C=O) groups excluding carboxylic acids is 1. The number of rotatable bonds is 4. The van der Waals surface area contributed by atoms with Gasteiger partial charge < -0.3 is 5.32 Å². The highest BCUT2D eigenvalue weighted by Crippen LogP contribution is 2.23. The van der Waals surface area contributed by atoms with E-state index in [1.54, 1.807) is 11.6 Å². The van der Waals surface area contributed by atoms with E-state index >= 15 is 0 Å². The minimum Gasteiger partial charge on any atom is -0.322 e. The van der Waals surface area contributed by atoms with Gasteiger partial charge in [-0.3, -0.25) is 4.79 Å². The molecule has 0 saturated carbocycles. The van der Waals surface area contributed by atoms with Crippen molar-refractivity contribution in [2.24, 2.45) is 0 Å². The third kappa shape index (κ3) is 4.11. The molecule has 0 fully saturated rings. The Hall–Kier alpha value is -2.11. The van der Waals surface area contributed by atoms with Gasteiger partial charge in [-0.2, -0.15) is 5.10 Å². The second-order valence-electron chi connectivity index (χ2n) is 5.86. The summed E-state index contributed by atoms with van der Waals surface area (Å²) >= 11 is 9.82. The highest BCUT2D eigenvalue weighted by molar-refractivity contribution is 9.10. The zero-order valence-corrected chi connectivity index (χ0v) is 16.2. The predicted octanol–water partition coefficient (Wildman–Crippen LogP) is 5.22. The quantitative estimate of drug-likeness (QED) is 0.631. The molecule has 0 bridgehead atoms. The van der Waals surface area contributed by atoms with Crippen molar-refractivity contribution in [1.29, 1.82) is 0 Å². The van der Waals surface area contributed by atoms with Crippen LogP contribution in [0.1, 0.15) is 27.2 Å². The second kappa shape index (κ2) is 7.42. The summed E-state index contributed by atoms with van der Waals surface area (Å²) in [4.78, 5) is 12.6. The zero-order chi connectivity index (χ0) is 18.0. The molecule has 0 radical (unpaired) electrons. The molecule has 128 valence electrons. The van der Waals surface area contributed by atoms with Crippen LogP contribution in [0.15, 0.2) is 53.0 Å². The van der Waals surface area contributed by atoms with E-state index in [1.165, 1.54) is 5.56 Å². The van der Waals surface area contributed by atoms with E-state index in [9.17, 15) is 4.79 Å². The van der Waals surface area contributed by atoms with Crippen LogP contribution >= 0.6 is 27.5 Å². The Morgan fingerprint density at radius 3 is 2.60 bits per heavy atom. The van der Waals surface area contributed by atoms with Gasteiger partial charge in [-0.05, 0) is 37.6 Å². The van der Waals surface area contributed by atoms with Crippen molar-refractivity contribution in [3.8, 4) is 0 Å². The SMILES string of the molecule is Cc1ccc(Cn2nc(C)c(C(=O)Nc3cccc(Br)c3)c2Cl)cc1. The Balaban J connectivity index is 1.83. The summed E-state index contributed by atoms with van der Waals surface area (Å²) in [7, 11) is 0. The number of anilines is 1. The van der Waals surface area contributed by atoms with Crippen LogP contribution < -0.4 is 5.32 Å². The summed E-state index contributed by atoms with van der Waals surface area (Å²) in [6.07, 6.45) is 0. The molecule has 0 saturated heterocycles. The summed E-state index contributed by atoms with van der Waals surface area (Å²) in [5.41, 5.74) is 3.97. The van der Waals surface area contributed by atoms with Crippen molar-refractivity contribution < 1.29 is 4.79 Å². The van der Waals surface area contributed by atoms with Crippen LogP contribution in [-0.2, 0) is 6.54 Å². The fraction of sp³-hybridized carbons (Fsp3) is 0.158. The minimum atomic E-state index is -0.268. The van der Waals surface area contributed by atoms with Crippen LogP contribution in [-0.4, -0.2) is 15.7 Å². The molecule has 0 aliphatic heterocycles. The standard InChI is InChI=1S/C19H17BrClN3O/c1-12-6-8-14(9-7-12)11-24-18(21)17(13(2)23-24)19(25)22-16-5-3-4-15(20)10-16/h3-10H,11H2,1-2H3,(H,22,25). The van der Waals surface area contributed by atoms with Crippen molar-refractivity contribution >= 4 is 39.1 Å². The molecule has 1 N–H and O–H groups in total. The molecule has 3 rings (SSSR count). The molecule has 1 aromatic heterocycles. The van der Waals surface area contributed by atoms with Crippen LogP contribution in [0.4, 0.5) is 5.69 Å². The van der Waals surface area contributed by atoms with Crippen LogP contribution in [0.2, 0.25) is 5.15 Å². The van der Waals surface area contributed by atoms with E-state index in [0.717, 1.165) is 10.0 Å². The van der Waals surface area contributed by atoms with Crippen molar-refractivity contribution in [2.75, 3.05) is 5.32 Å². The second-order valence-corrected chi connectivity index (χ2v) is 7.13. The van der Waals surface area contributed by atoms with Gasteiger partial charge in [0.2, 0.25) is 0 Å². The minimum absolute atomic E-state index is 0.268. The number of nitrogens with one attached hydrogen (secondary N) is 1. The first-order chi connectivity index (χ1) is 11.9. The Morgan fingerprint density at radius 2 is 1.92 bits per heavy atom. The van der Waals surface area contributed by atoms with Gasteiger partial charge >= 0.3 is 0 Å². The summed E-state index contributed by atoms with van der Waals surface area (Å²) in [5, 5.41) is 7.62. The average molecular weight is 419 g/mol. The van der Waals surface area contributed by atoms with Crippen molar-refractivity contribution in [2.45, 2.75) is 20.4 Å². The highest BCUT2D eigenvalue weighted by atomic mass is 79.9. The van der Waals surface area contributed by atoms with Crippen LogP contribution in [0.3, 0.4) is 0 Å². The first-order valence-corrected chi connectivity index (χ1v) is 8.96. The van der Waals surface area contributed by atoms with Crippen LogP contribution in [0.25, 0.3) is 0 Å². The molecule has 6 heteroatoms. The monoisotopic (exact) mass is 417 g/mol. The molecule has 4 nitrogen and oxygen atoms in total. The van der Waals surface area contributed by atoms with Crippen LogP contribution in [0, 0.1) is 13.8 Å². The number of carbonyl (C=O) groups is 1. The molecule has 0 spiro atoms. The Labute approximate surface area is 159 Å². The maximum atomic E-state index is 12.6. The van der Waals surface area contributed by atoms with E-state index in [1.807, 2.05) is 55.5 Å². The Kier molecular flexibility index (Phi) is 5.25. The van der Waals surface area contributed by atoms with Gasteiger partial charge in [0.05, 0.1) is 17.8 Å². The third-order valence-corrected chi connectivity index (χ3v) is 4.71. The number of aryl methyl sites for hydroxylation is 2. The topological polar surface area (TPSA) is 46.9 Å². The lowest BCUT2D eigenvalue weighted by atomic mass is 10.1. The van der Waals surface area contributed by atoms with Crippen molar-refractivity contribution in [3.05, 3.63) is 80.5 Å². The Morgan fingerprint density at radius 1 is 1.20 bits per heavy atom. The van der Waals surface area contributed by atoms with Gasteiger partial charge in [-0.25, -0.2) is 4.68 Å². The first kappa shape index (κ1) is 17.7. The van der Waals surface area contributed by atoms with Gasteiger partial charge in [0.25, 0.3) is 5.91 Å². The number of hydrogen-bond donors (Lipinski definition) is 1. The van der Waals surface area contributed by atoms with Gasteiger partial charge in [0.1, 0.15) is 5.15 Å². The third-order valence-electron chi connectivity index (χ3n) is 3.83. The molecule has 0 aliphatic carbocycles. The largest absolute Gasteiger partial charge is 0.322 e. The van der Waals surface area contributed by atoms with E-state index in [-0.39, 0.29) is 5.91 Å². The fourth-order valence-electron chi connectivity index (χ4n) is 2.54. The number of benzene rings is 2. The number of hydrogen-bond acceptors (Lipinski definition) is 2. The van der Waals surface area contributed by atoms with Crippen molar-refractivity contribution in [1.82, 2.24) is 9.78 Å². The molecule has 25 heavy (non-hydrogen) atoms. The fourth-order valence-corrected chi connectivity index (χ4v) is 3.26. The van der Waals surface area contributed by atoms with Gasteiger partial charge in [-0.15, -0.1) is 0 Å². The molecule has 0 unspecified atom stereocenters. The zero-order valence-electron chi connectivity index (χ0n) is 13.9. The molecular formula is C19H17BrClN3O. The number of halogens is 2. The molecule has 1 heterocycles. The number of amides is 1. The molecule has 3 aromatic rings. The molecule has 0 aliphatic rings.